The second-order valence-electron chi connectivity index (χ2n) is 10.9. The molecular formula is C29H34N2O8. The van der Waals surface area contributed by atoms with E-state index in [0.29, 0.717) is 29.9 Å². The van der Waals surface area contributed by atoms with Gasteiger partial charge in [-0.3, -0.25) is 4.79 Å². The van der Waals surface area contributed by atoms with Crippen LogP contribution in [-0.4, -0.2) is 46.2 Å². The van der Waals surface area contributed by atoms with Crippen LogP contribution in [0.4, 0.5) is 0 Å². The number of aryl methyl sites for hydroxylation is 1. The van der Waals surface area contributed by atoms with Gasteiger partial charge in [0, 0.05) is 37.1 Å². The molecular weight excluding hydrogens is 504 g/mol. The molecule has 2 aliphatic heterocycles. The molecule has 0 unspecified atom stereocenters. The van der Waals surface area contributed by atoms with Gasteiger partial charge in [-0.15, -0.1) is 0 Å². The minimum absolute atomic E-state index is 0.0529. The predicted octanol–water partition coefficient (Wildman–Crippen LogP) is 2.50. The Morgan fingerprint density at radius 2 is 2.00 bits per heavy atom. The van der Waals surface area contributed by atoms with Crippen LogP contribution in [0, 0.1) is 6.92 Å². The van der Waals surface area contributed by atoms with Crippen molar-refractivity contribution < 1.29 is 33.6 Å². The summed E-state index contributed by atoms with van der Waals surface area (Å²) < 4.78 is 23.8. The van der Waals surface area contributed by atoms with Crippen molar-refractivity contribution in [3.8, 4) is 11.5 Å². The maximum atomic E-state index is 13.6. The van der Waals surface area contributed by atoms with Gasteiger partial charge in [-0.05, 0) is 44.7 Å². The summed E-state index contributed by atoms with van der Waals surface area (Å²) in [5.74, 6) is -0.0346. The molecule has 0 spiro atoms. The average Bonchev–Trinajstić information content (AvgIpc) is 3.56. The minimum atomic E-state index is -1.22. The van der Waals surface area contributed by atoms with Crippen LogP contribution < -0.4 is 21.6 Å². The Bertz CT molecular complexity index is 1480. The van der Waals surface area contributed by atoms with E-state index >= 15 is 0 Å². The zero-order valence-electron chi connectivity index (χ0n) is 22.2. The van der Waals surface area contributed by atoms with Crippen LogP contribution in [-0.2, 0) is 27.1 Å². The van der Waals surface area contributed by atoms with E-state index < -0.39 is 35.5 Å². The number of esters is 1. The third-order valence-corrected chi connectivity index (χ3v) is 7.59. The fourth-order valence-corrected chi connectivity index (χ4v) is 5.33. The number of phenolic OH excluding ortho intramolecular Hbond substituents is 1. The Morgan fingerprint density at radius 3 is 2.72 bits per heavy atom. The van der Waals surface area contributed by atoms with Crippen molar-refractivity contribution in [3.05, 3.63) is 69.1 Å². The van der Waals surface area contributed by atoms with E-state index in [1.807, 2.05) is 24.3 Å². The molecule has 10 nitrogen and oxygen atoms in total. The summed E-state index contributed by atoms with van der Waals surface area (Å²) >= 11 is 0. The lowest BCUT2D eigenvalue weighted by molar-refractivity contribution is -0.168. The molecule has 3 heterocycles. The lowest BCUT2D eigenvalue weighted by Gasteiger charge is -2.39. The van der Waals surface area contributed by atoms with Gasteiger partial charge in [-0.2, -0.15) is 0 Å². The Hall–Kier alpha value is -3.44. The molecule has 1 fully saturated rings. The van der Waals surface area contributed by atoms with E-state index in [9.17, 15) is 19.8 Å². The number of phenols is 1. The van der Waals surface area contributed by atoms with Crippen LogP contribution in [0.3, 0.4) is 0 Å². The maximum Gasteiger partial charge on any atom is 0.341 e. The number of ether oxygens (including phenoxy) is 3. The number of aliphatic hydroxyl groups excluding tert-OH is 1. The number of aliphatic hydroxyl groups is 1. The van der Waals surface area contributed by atoms with Gasteiger partial charge in [-0.25, -0.2) is 4.79 Å². The van der Waals surface area contributed by atoms with Crippen LogP contribution in [0.15, 0.2) is 45.6 Å². The molecule has 1 saturated heterocycles. The monoisotopic (exact) mass is 538 g/mol. The molecule has 10 heteroatoms. The van der Waals surface area contributed by atoms with E-state index in [2.05, 4.69) is 0 Å². The van der Waals surface area contributed by atoms with Crippen molar-refractivity contribution >= 4 is 16.9 Å². The van der Waals surface area contributed by atoms with E-state index in [-0.39, 0.29) is 41.6 Å². The Labute approximate surface area is 225 Å². The number of aromatic hydroxyl groups is 1. The normalized spacial score (nSPS) is 23.4. The first-order valence-electron chi connectivity index (χ1n) is 13.0. The van der Waals surface area contributed by atoms with Crippen molar-refractivity contribution in [1.29, 1.82) is 0 Å². The number of fused-ring (bicyclic) bond motifs is 2. The molecule has 3 atom stereocenters. The first kappa shape index (κ1) is 27.1. The topological polar surface area (TPSA) is 171 Å². The molecule has 2 aromatic carbocycles. The summed E-state index contributed by atoms with van der Waals surface area (Å²) in [6, 6.07) is 10.4. The van der Waals surface area contributed by atoms with Crippen molar-refractivity contribution in [3.63, 3.8) is 0 Å². The minimum Gasteiger partial charge on any atom is -0.507 e. The Kier molecular flexibility index (Phi) is 6.92. The lowest BCUT2D eigenvalue weighted by Crippen LogP contribution is -2.50. The van der Waals surface area contributed by atoms with Gasteiger partial charge in [0.2, 0.25) is 0 Å². The molecule has 6 N–H and O–H groups in total. The molecule has 0 radical (unpaired) electrons. The molecule has 208 valence electrons. The van der Waals surface area contributed by atoms with Crippen molar-refractivity contribution in [2.75, 3.05) is 6.61 Å². The summed E-state index contributed by atoms with van der Waals surface area (Å²) in [6.07, 6.45) is -0.650. The maximum absolute atomic E-state index is 13.6. The highest BCUT2D eigenvalue weighted by molar-refractivity contribution is 5.87. The third kappa shape index (κ3) is 5.00. The SMILES string of the molecule is Cc1cc(=O)c2c(O)c3c(cc2o1)OC(C)(C)[C@H](OC(=O)[C@]1(CCCO)O[C@@H]1Cc1cccc(C(N)N)c1)C3. The summed E-state index contributed by atoms with van der Waals surface area (Å²) in [6.45, 7) is 5.13. The summed E-state index contributed by atoms with van der Waals surface area (Å²) in [5.41, 5.74) is 11.3. The zero-order valence-corrected chi connectivity index (χ0v) is 22.2. The van der Waals surface area contributed by atoms with Crippen molar-refractivity contribution in [1.82, 2.24) is 0 Å². The first-order chi connectivity index (χ1) is 18.4. The van der Waals surface area contributed by atoms with Crippen molar-refractivity contribution in [2.24, 2.45) is 11.5 Å². The van der Waals surface area contributed by atoms with Crippen LogP contribution in [0.2, 0.25) is 0 Å². The van der Waals surface area contributed by atoms with Crippen LogP contribution in [0.1, 0.15) is 55.3 Å². The van der Waals surface area contributed by atoms with Gasteiger partial charge in [-0.1, -0.05) is 24.3 Å². The zero-order chi connectivity index (χ0) is 28.1. The van der Waals surface area contributed by atoms with Gasteiger partial charge in [0.15, 0.2) is 11.0 Å². The van der Waals surface area contributed by atoms with Gasteiger partial charge in [0.25, 0.3) is 0 Å². The van der Waals surface area contributed by atoms with E-state index in [1.165, 1.54) is 6.07 Å². The first-order valence-corrected chi connectivity index (χ1v) is 13.0. The van der Waals surface area contributed by atoms with Gasteiger partial charge in [0.1, 0.15) is 46.0 Å². The molecule has 3 aromatic rings. The van der Waals surface area contributed by atoms with Gasteiger partial charge in [0.05, 0.1) is 6.17 Å². The Balaban J connectivity index is 1.39. The van der Waals surface area contributed by atoms with E-state index in [0.717, 1.165) is 11.1 Å². The number of hydrogen-bond donors (Lipinski definition) is 4. The second kappa shape index (κ2) is 9.95. The molecule has 0 bridgehead atoms. The van der Waals surface area contributed by atoms with E-state index in [4.69, 9.17) is 30.1 Å². The Morgan fingerprint density at radius 1 is 1.23 bits per heavy atom. The fraction of sp³-hybridized carbons (Fsp3) is 0.448. The smallest absolute Gasteiger partial charge is 0.341 e. The third-order valence-electron chi connectivity index (χ3n) is 7.59. The quantitative estimate of drug-likeness (QED) is 0.190. The lowest BCUT2D eigenvalue weighted by atomic mass is 9.89. The highest BCUT2D eigenvalue weighted by atomic mass is 16.7. The number of rotatable bonds is 8. The number of nitrogens with two attached hydrogens (primary N) is 2. The summed E-state index contributed by atoms with van der Waals surface area (Å²) in [4.78, 5) is 26.2. The standard InChI is InChI=1S/C29H34N2O8/c1-15-10-19(33)24-21(36-15)14-20-18(25(24)34)13-22(28(2,3)38-20)37-27(35)29(8-5-9-32)23(39-29)12-16-6-4-7-17(11-16)26(30)31/h4,6-7,10-11,14,22-23,26,32,34H,5,8-9,12-13,30-31H2,1-3H3/t22-,23-,29-/m1/s1. The highest BCUT2D eigenvalue weighted by Gasteiger charge is 2.63. The number of carbonyl (C=O) groups is 1. The van der Waals surface area contributed by atoms with Gasteiger partial charge < -0.3 is 40.3 Å². The van der Waals surface area contributed by atoms with Crippen LogP contribution in [0.25, 0.3) is 11.0 Å². The average molecular weight is 539 g/mol. The van der Waals surface area contributed by atoms with Gasteiger partial charge >= 0.3 is 5.97 Å². The fourth-order valence-electron chi connectivity index (χ4n) is 5.33. The second-order valence-corrected chi connectivity index (χ2v) is 10.9. The molecule has 2 aliphatic rings. The van der Waals surface area contributed by atoms with E-state index in [1.54, 1.807) is 26.8 Å². The number of benzene rings is 2. The van der Waals surface area contributed by atoms with Crippen molar-refractivity contribution in [2.45, 2.75) is 76.0 Å². The predicted molar refractivity (Wildman–Crippen MR) is 142 cm³/mol. The number of carbonyl (C=O) groups excluding carboxylic acids is 1. The molecule has 39 heavy (non-hydrogen) atoms. The summed E-state index contributed by atoms with van der Waals surface area (Å²) in [5, 5.41) is 20.5. The van der Waals surface area contributed by atoms with Crippen LogP contribution >= 0.6 is 0 Å². The molecule has 1 aromatic heterocycles. The number of epoxide rings is 1. The highest BCUT2D eigenvalue weighted by Crippen LogP contribution is 2.47. The summed E-state index contributed by atoms with van der Waals surface area (Å²) in [7, 11) is 0. The molecule has 0 aliphatic carbocycles. The number of hydrogen-bond acceptors (Lipinski definition) is 10. The largest absolute Gasteiger partial charge is 0.507 e. The molecule has 5 rings (SSSR count). The van der Waals surface area contributed by atoms with Crippen LogP contribution in [0.5, 0.6) is 11.5 Å². The molecule has 0 saturated carbocycles. The molecule has 0 amide bonds.